The smallest absolute Gasteiger partial charge is 0.152 e. The van der Waals surface area contributed by atoms with Gasteiger partial charge in [-0.2, -0.15) is 0 Å². The lowest BCUT2D eigenvalue weighted by molar-refractivity contribution is 0.111. The molecule has 4 heterocycles. The molecule has 32 heavy (non-hydrogen) atoms. The number of aryl methyl sites for hydroxylation is 2. The molecule has 0 aliphatic rings. The van der Waals surface area contributed by atoms with Gasteiger partial charge in [-0.1, -0.05) is 0 Å². The van der Waals surface area contributed by atoms with Gasteiger partial charge in [0, 0.05) is 48.4 Å². The number of hydrogen-bond acceptors (Lipinski definition) is 6. The van der Waals surface area contributed by atoms with Crippen LogP contribution in [0.3, 0.4) is 0 Å². The van der Waals surface area contributed by atoms with Gasteiger partial charge in [-0.25, -0.2) is 9.97 Å². The Morgan fingerprint density at radius 1 is 0.750 bits per heavy atom. The van der Waals surface area contributed by atoms with Gasteiger partial charge >= 0.3 is 0 Å². The van der Waals surface area contributed by atoms with Gasteiger partial charge in [-0.3, -0.25) is 9.59 Å². The first-order chi connectivity index (χ1) is 15.6. The molecule has 0 spiro atoms. The minimum absolute atomic E-state index is 0.598. The van der Waals surface area contributed by atoms with Crippen molar-refractivity contribution < 1.29 is 19.1 Å². The molecule has 0 bridgehead atoms. The number of pyridine rings is 2. The highest BCUT2D eigenvalue weighted by molar-refractivity contribution is 5.97. The number of rotatable bonds is 11. The Balaban J connectivity index is 1.17. The highest BCUT2D eigenvalue weighted by atomic mass is 16.5. The Hall–Kier alpha value is -3.68. The first-order valence-corrected chi connectivity index (χ1v) is 10.7. The van der Waals surface area contributed by atoms with E-state index in [1.54, 1.807) is 24.8 Å². The molecule has 166 valence electrons. The molecule has 4 aromatic rings. The molecule has 0 aliphatic heterocycles. The number of ether oxygens (including phenoxy) is 2. The van der Waals surface area contributed by atoms with Crippen LogP contribution in [-0.4, -0.2) is 44.9 Å². The summed E-state index contributed by atoms with van der Waals surface area (Å²) in [7, 11) is 3.73. The first kappa shape index (κ1) is 21.5. The van der Waals surface area contributed by atoms with Crippen LogP contribution in [0.4, 0.5) is 0 Å². The highest BCUT2D eigenvalue weighted by Crippen LogP contribution is 2.23. The van der Waals surface area contributed by atoms with Crippen LogP contribution in [0.15, 0.2) is 36.9 Å². The van der Waals surface area contributed by atoms with Gasteiger partial charge in [0.25, 0.3) is 0 Å². The zero-order valence-electron chi connectivity index (χ0n) is 18.3. The fourth-order valence-corrected chi connectivity index (χ4v) is 3.83. The number of aldehydes is 2. The molecule has 0 saturated heterocycles. The molecule has 0 saturated carbocycles. The molecule has 0 amide bonds. The van der Waals surface area contributed by atoms with E-state index in [0.29, 0.717) is 35.8 Å². The van der Waals surface area contributed by atoms with Crippen molar-refractivity contribution in [2.45, 2.75) is 25.7 Å². The van der Waals surface area contributed by atoms with Crippen LogP contribution in [0.2, 0.25) is 0 Å². The van der Waals surface area contributed by atoms with Crippen LogP contribution < -0.4 is 9.47 Å². The molecular formula is C24H26N4O4. The van der Waals surface area contributed by atoms with Crippen LogP contribution in [0.1, 0.15) is 46.4 Å². The Morgan fingerprint density at radius 3 is 1.59 bits per heavy atom. The number of nitrogens with zero attached hydrogens (tertiary/aromatic N) is 4. The van der Waals surface area contributed by atoms with E-state index in [9.17, 15) is 9.59 Å². The second kappa shape index (κ2) is 9.64. The minimum Gasteiger partial charge on any atom is -0.492 e. The van der Waals surface area contributed by atoms with Crippen LogP contribution >= 0.6 is 0 Å². The van der Waals surface area contributed by atoms with Crippen molar-refractivity contribution in [2.75, 3.05) is 13.2 Å². The van der Waals surface area contributed by atoms with Gasteiger partial charge in [0.15, 0.2) is 12.6 Å². The zero-order valence-corrected chi connectivity index (χ0v) is 18.3. The average Bonchev–Trinajstić information content (AvgIpc) is 3.31. The number of carbonyl (C=O) groups excluding carboxylic acids is 2. The summed E-state index contributed by atoms with van der Waals surface area (Å²) in [6.45, 7) is 1.20. The molecule has 8 heteroatoms. The Kier molecular flexibility index (Phi) is 6.49. The van der Waals surface area contributed by atoms with Gasteiger partial charge in [-0.05, 0) is 37.8 Å². The fraction of sp³-hybridized carbons (Fsp3) is 0.333. The maximum atomic E-state index is 11.2. The second-order valence-corrected chi connectivity index (χ2v) is 7.82. The van der Waals surface area contributed by atoms with Crippen LogP contribution in [0.5, 0.6) is 11.5 Å². The predicted molar refractivity (Wildman–Crippen MR) is 122 cm³/mol. The maximum Gasteiger partial charge on any atom is 0.152 e. The third-order valence-corrected chi connectivity index (χ3v) is 5.47. The molecule has 0 radical (unpaired) electrons. The van der Waals surface area contributed by atoms with E-state index < -0.39 is 0 Å². The quantitative estimate of drug-likeness (QED) is 0.261. The Morgan fingerprint density at radius 2 is 1.19 bits per heavy atom. The van der Waals surface area contributed by atoms with Crippen molar-refractivity contribution in [3.8, 4) is 11.5 Å². The number of hydrogen-bond donors (Lipinski definition) is 0. The minimum atomic E-state index is 0.598. The summed E-state index contributed by atoms with van der Waals surface area (Å²) in [6.07, 6.45) is 12.5. The summed E-state index contributed by atoms with van der Waals surface area (Å²) in [5, 5.41) is 1.61. The monoisotopic (exact) mass is 434 g/mol. The van der Waals surface area contributed by atoms with Gasteiger partial charge in [0.2, 0.25) is 0 Å². The van der Waals surface area contributed by atoms with E-state index in [1.807, 2.05) is 35.4 Å². The SMILES string of the molecule is Cn1cc(C=O)c2cc(OCCCCCCOc3cnc4c(c3)c(C=O)cn4C)cnc21. The summed E-state index contributed by atoms with van der Waals surface area (Å²) >= 11 is 0. The molecule has 0 atom stereocenters. The third kappa shape index (κ3) is 4.49. The molecule has 0 N–H and O–H groups in total. The van der Waals surface area contributed by atoms with Crippen molar-refractivity contribution in [3.05, 3.63) is 48.0 Å². The van der Waals surface area contributed by atoms with Crippen LogP contribution in [0.25, 0.3) is 22.1 Å². The maximum absolute atomic E-state index is 11.2. The van der Waals surface area contributed by atoms with Crippen molar-refractivity contribution in [1.29, 1.82) is 0 Å². The molecule has 8 nitrogen and oxygen atoms in total. The lowest BCUT2D eigenvalue weighted by Crippen LogP contribution is -2.00. The van der Waals surface area contributed by atoms with E-state index in [2.05, 4.69) is 9.97 Å². The summed E-state index contributed by atoms with van der Waals surface area (Å²) in [5.41, 5.74) is 2.76. The molecule has 0 aromatic carbocycles. The summed E-state index contributed by atoms with van der Waals surface area (Å²) in [5.74, 6) is 1.35. The number of unbranched alkanes of at least 4 members (excludes halogenated alkanes) is 3. The van der Waals surface area contributed by atoms with Crippen molar-refractivity contribution >= 4 is 34.6 Å². The van der Waals surface area contributed by atoms with E-state index in [-0.39, 0.29) is 0 Å². The molecular weight excluding hydrogens is 408 g/mol. The molecule has 4 aromatic heterocycles. The van der Waals surface area contributed by atoms with Gasteiger partial charge in [-0.15, -0.1) is 0 Å². The van der Waals surface area contributed by atoms with E-state index in [1.165, 1.54) is 0 Å². The Bertz CT molecular complexity index is 1160. The second-order valence-electron chi connectivity index (χ2n) is 7.82. The van der Waals surface area contributed by atoms with Crippen molar-refractivity contribution in [3.63, 3.8) is 0 Å². The molecule has 0 aliphatic carbocycles. The van der Waals surface area contributed by atoms with Gasteiger partial charge in [0.05, 0.1) is 25.6 Å². The normalized spacial score (nSPS) is 11.2. The summed E-state index contributed by atoms with van der Waals surface area (Å²) in [6, 6.07) is 3.74. The first-order valence-electron chi connectivity index (χ1n) is 10.7. The van der Waals surface area contributed by atoms with E-state index in [0.717, 1.165) is 60.3 Å². The average molecular weight is 434 g/mol. The topological polar surface area (TPSA) is 88.2 Å². The predicted octanol–water partition coefficient (Wildman–Crippen LogP) is 4.10. The lowest BCUT2D eigenvalue weighted by Gasteiger charge is -2.08. The zero-order chi connectivity index (χ0) is 22.5. The highest BCUT2D eigenvalue weighted by Gasteiger charge is 2.09. The largest absolute Gasteiger partial charge is 0.492 e. The summed E-state index contributed by atoms with van der Waals surface area (Å²) in [4.78, 5) is 31.2. The van der Waals surface area contributed by atoms with Crippen molar-refractivity contribution in [1.82, 2.24) is 19.1 Å². The summed E-state index contributed by atoms with van der Waals surface area (Å²) < 4.78 is 15.3. The number of aromatic nitrogens is 4. The molecule has 4 rings (SSSR count). The van der Waals surface area contributed by atoms with Gasteiger partial charge < -0.3 is 18.6 Å². The number of fused-ring (bicyclic) bond motifs is 2. The Labute approximate surface area is 185 Å². The third-order valence-electron chi connectivity index (χ3n) is 5.47. The van der Waals surface area contributed by atoms with Crippen LogP contribution in [0, 0.1) is 0 Å². The van der Waals surface area contributed by atoms with E-state index >= 15 is 0 Å². The molecule has 0 fully saturated rings. The standard InChI is InChI=1S/C24H26N4O4/c1-27-13-17(15-29)21-9-19(11-25-23(21)27)31-7-5-3-4-6-8-32-20-10-22-18(16-30)14-28(2)24(22)26-12-20/h9-16H,3-8H2,1-2H3. The van der Waals surface area contributed by atoms with Crippen molar-refractivity contribution in [2.24, 2.45) is 14.1 Å². The fourth-order valence-electron chi connectivity index (χ4n) is 3.83. The van der Waals surface area contributed by atoms with E-state index in [4.69, 9.17) is 9.47 Å². The van der Waals surface area contributed by atoms with Crippen LogP contribution in [-0.2, 0) is 14.1 Å². The van der Waals surface area contributed by atoms with Gasteiger partial charge in [0.1, 0.15) is 22.8 Å². The lowest BCUT2D eigenvalue weighted by atomic mass is 10.2. The number of carbonyl (C=O) groups is 2. The molecule has 0 unspecified atom stereocenters.